The van der Waals surface area contributed by atoms with Gasteiger partial charge in [0, 0.05) is 24.5 Å². The third-order valence-corrected chi connectivity index (χ3v) is 10.7. The van der Waals surface area contributed by atoms with E-state index < -0.39 is 5.54 Å². The number of ether oxygens (including phenoxy) is 1. The summed E-state index contributed by atoms with van der Waals surface area (Å²) in [4.78, 5) is 22.4. The third kappa shape index (κ3) is 5.98. The topological polar surface area (TPSA) is 89.4 Å². The Morgan fingerprint density at radius 1 is 1.05 bits per heavy atom. The van der Waals surface area contributed by atoms with Gasteiger partial charge in [-0.3, -0.25) is 0 Å². The van der Waals surface area contributed by atoms with Crippen LogP contribution < -0.4 is 36.7 Å². The molecule has 0 radical (unpaired) electrons. The molecule has 3 aromatic carbocycles. The van der Waals surface area contributed by atoms with E-state index in [1.54, 1.807) is 0 Å². The molecule has 8 nitrogen and oxygen atoms in total. The number of hydrogen-bond donors (Lipinski definition) is 3. The molecule has 0 aromatic heterocycles. The minimum absolute atomic E-state index is 0.0109. The average Bonchev–Trinajstić information content (AvgIpc) is 3.88. The van der Waals surface area contributed by atoms with Crippen molar-refractivity contribution < 1.29 is 35.8 Å². The molecule has 3 atom stereocenters. The number of carbonyl (C=O) groups excluding carboxylic acids is 1. The zero-order chi connectivity index (χ0) is 28.2. The normalized spacial score (nSPS) is 21.8. The van der Waals surface area contributed by atoms with Crippen molar-refractivity contribution in [2.75, 3.05) is 54.6 Å². The van der Waals surface area contributed by atoms with Crippen molar-refractivity contribution in [3.63, 3.8) is 0 Å². The minimum Gasteiger partial charge on any atom is -0.378 e. The Kier molecular flexibility index (Phi) is 8.27. The third-order valence-electron chi connectivity index (χ3n) is 7.91. The number of carbonyl (C=O) groups is 1. The van der Waals surface area contributed by atoms with Crippen molar-refractivity contribution in [2.24, 2.45) is 4.99 Å². The van der Waals surface area contributed by atoms with Crippen LogP contribution in [-0.2, 0) is 10.3 Å². The molecule has 1 amide bonds. The van der Waals surface area contributed by atoms with Gasteiger partial charge >= 0.3 is 181 Å². The second-order valence-corrected chi connectivity index (χ2v) is 13.7. The van der Waals surface area contributed by atoms with Crippen LogP contribution in [-0.4, -0.2) is 76.7 Å². The molecule has 2 unspecified atom stereocenters. The van der Waals surface area contributed by atoms with Gasteiger partial charge in [0.25, 0.3) is 0 Å². The van der Waals surface area contributed by atoms with Gasteiger partial charge in [-0.25, -0.2) is 0 Å². The number of amides is 1. The number of aliphatic hydroxyl groups is 1. The van der Waals surface area contributed by atoms with Crippen molar-refractivity contribution in [3.8, 4) is 0 Å². The number of aliphatic hydroxyl groups excluding tert-OH is 1. The Morgan fingerprint density at radius 3 is 2.41 bits per heavy atom. The van der Waals surface area contributed by atoms with E-state index in [1.807, 2.05) is 73.9 Å². The van der Waals surface area contributed by atoms with E-state index in [9.17, 15) is 9.90 Å². The van der Waals surface area contributed by atoms with E-state index in [-0.39, 0.29) is 40.0 Å². The molecule has 2 fully saturated rings. The molecule has 214 valence electrons. The molecular formula is C32H35IN5O3-. The van der Waals surface area contributed by atoms with Gasteiger partial charge in [0.1, 0.15) is 0 Å². The number of allylic oxidation sites excluding steroid dienone is 1. The average molecular weight is 665 g/mol. The molecule has 3 aliphatic heterocycles. The number of nitrogens with one attached hydrogen (secondary N) is 2. The van der Waals surface area contributed by atoms with Gasteiger partial charge < -0.3 is 9.64 Å². The number of hydrogen-bond acceptors (Lipinski definition) is 7. The fourth-order valence-electron chi connectivity index (χ4n) is 5.39. The van der Waals surface area contributed by atoms with Crippen molar-refractivity contribution in [1.82, 2.24) is 10.2 Å². The van der Waals surface area contributed by atoms with Gasteiger partial charge in [0.05, 0.1) is 13.2 Å². The molecule has 0 spiro atoms. The molecule has 2 saturated heterocycles. The van der Waals surface area contributed by atoms with E-state index in [1.165, 1.54) is 5.69 Å². The summed E-state index contributed by atoms with van der Waals surface area (Å²) < 4.78 is 6.91. The Labute approximate surface area is 251 Å². The molecule has 9 heteroatoms. The molecule has 3 heterocycles. The van der Waals surface area contributed by atoms with E-state index in [2.05, 4.69) is 49.7 Å². The second-order valence-electron chi connectivity index (χ2n) is 10.4. The summed E-state index contributed by atoms with van der Waals surface area (Å²) in [6.45, 7) is 3.25. The summed E-state index contributed by atoms with van der Waals surface area (Å²) in [6.07, 6.45) is 3.55. The fourth-order valence-corrected chi connectivity index (χ4v) is 7.86. The summed E-state index contributed by atoms with van der Waals surface area (Å²) in [5, 5.41) is 17.2. The first-order valence-electron chi connectivity index (χ1n) is 13.9. The fraction of sp³-hybridized carbons (Fsp3) is 0.312. The van der Waals surface area contributed by atoms with Gasteiger partial charge in [-0.05, 0) is 24.3 Å². The molecular weight excluding hydrogens is 629 g/mol. The van der Waals surface area contributed by atoms with Crippen LogP contribution in [0.25, 0.3) is 5.70 Å². The van der Waals surface area contributed by atoms with Crippen LogP contribution in [0.1, 0.15) is 21.5 Å². The number of alkyl halides is 2. The number of morpholine rings is 1. The first-order valence-corrected chi connectivity index (χ1v) is 16.7. The maximum atomic E-state index is 13.4. The van der Waals surface area contributed by atoms with E-state index in [0.717, 1.165) is 53.2 Å². The molecule has 41 heavy (non-hydrogen) atoms. The van der Waals surface area contributed by atoms with Crippen LogP contribution in [0.4, 0.5) is 11.4 Å². The Bertz CT molecular complexity index is 1400. The summed E-state index contributed by atoms with van der Waals surface area (Å²) >= 11 is -0.0109. The Hall–Kier alpha value is -3.41. The molecule has 3 aromatic rings. The quantitative estimate of drug-likeness (QED) is 0.227. The molecule has 0 bridgehead atoms. The Morgan fingerprint density at radius 2 is 1.76 bits per heavy atom. The summed E-state index contributed by atoms with van der Waals surface area (Å²) in [5.41, 5.74) is 5.02. The molecule has 0 aliphatic carbocycles. The Balaban J connectivity index is 1.12. The van der Waals surface area contributed by atoms with Crippen molar-refractivity contribution in [3.05, 3.63) is 102 Å². The van der Waals surface area contributed by atoms with Gasteiger partial charge in [-0.1, -0.05) is 0 Å². The van der Waals surface area contributed by atoms with E-state index in [4.69, 9.17) is 4.74 Å². The summed E-state index contributed by atoms with van der Waals surface area (Å²) in [7, 11) is 2.01. The predicted molar refractivity (Wildman–Crippen MR) is 159 cm³/mol. The molecule has 3 N–H and O–H groups in total. The smallest absolute Gasteiger partial charge is 0.378 e. The van der Waals surface area contributed by atoms with E-state index >= 15 is 0 Å². The van der Waals surface area contributed by atoms with Gasteiger partial charge in [-0.2, -0.15) is 0 Å². The first-order chi connectivity index (χ1) is 20.1. The van der Waals surface area contributed by atoms with Crippen LogP contribution in [0.15, 0.2) is 89.9 Å². The van der Waals surface area contributed by atoms with Crippen LogP contribution in [0.3, 0.4) is 0 Å². The number of halogens is 1. The van der Waals surface area contributed by atoms with Crippen molar-refractivity contribution in [1.29, 1.82) is 0 Å². The maximum absolute atomic E-state index is 13.4. The number of aliphatic imine (C=N–C) groups is 1. The zero-order valence-electron chi connectivity index (χ0n) is 23.0. The van der Waals surface area contributed by atoms with Crippen molar-refractivity contribution >= 4 is 29.2 Å². The summed E-state index contributed by atoms with van der Waals surface area (Å²) in [5.74, 6) is -0.169. The van der Waals surface area contributed by atoms with Crippen LogP contribution in [0, 0.1) is 0 Å². The SMILES string of the molecule is CN1C(c2ccc(C(=O)N[C@@](CO)(c3ccccc3)C3C[I-]3)cc2)=CC=NC1Nc1ccc(N2CCOCC2)cc1. The monoisotopic (exact) mass is 664 g/mol. The van der Waals surface area contributed by atoms with Crippen molar-refractivity contribution in [2.45, 2.75) is 15.8 Å². The van der Waals surface area contributed by atoms with Crippen LogP contribution >= 0.6 is 0 Å². The first kappa shape index (κ1) is 27.7. The van der Waals surface area contributed by atoms with E-state index in [0.29, 0.717) is 9.49 Å². The van der Waals surface area contributed by atoms with Gasteiger partial charge in [0.2, 0.25) is 0 Å². The number of nitrogens with zero attached hydrogens (tertiary/aromatic N) is 3. The second kappa shape index (κ2) is 12.2. The number of benzene rings is 3. The van der Waals surface area contributed by atoms with Gasteiger partial charge in [0.15, 0.2) is 0 Å². The number of rotatable bonds is 9. The summed E-state index contributed by atoms with van der Waals surface area (Å²) in [6, 6.07) is 26.0. The zero-order valence-corrected chi connectivity index (χ0v) is 25.2. The number of anilines is 2. The molecule has 0 saturated carbocycles. The van der Waals surface area contributed by atoms with Gasteiger partial charge in [-0.15, -0.1) is 0 Å². The minimum atomic E-state index is -0.716. The predicted octanol–water partition coefficient (Wildman–Crippen LogP) is 0.365. The van der Waals surface area contributed by atoms with Crippen LogP contribution in [0.5, 0.6) is 0 Å². The molecule has 3 aliphatic rings. The standard InChI is InChI=1S/C32H35IN5O3/c1-37-28(15-16-34-31(37)35-26-11-13-27(14-12-26)38-17-19-41-20-18-38)23-7-9-24(10-8-23)30(40)36-32(22-39,29-21-33-29)25-5-3-2-4-6-25/h2-16,29,31,35,39H,17-22H2,1H3,(H,36,40)/q-1/t29?,31?,32-/m0/s1. The molecule has 6 rings (SSSR count). The van der Waals surface area contributed by atoms with Crippen LogP contribution in [0.2, 0.25) is 0 Å².